The standard InChI is InChI=1S/C12H13N3O2/c13-6-10-11(2-1-5-14-10)15(8-12(16)17)7-9-3-4-9/h1-2,5,9H,3-4,7-8H2,(H,16,17). The van der Waals surface area contributed by atoms with Gasteiger partial charge in [0.15, 0.2) is 5.69 Å². The SMILES string of the molecule is N#Cc1ncccc1N(CC(=O)O)CC1CC1. The molecule has 0 unspecified atom stereocenters. The first-order valence-electron chi connectivity index (χ1n) is 5.52. The average Bonchev–Trinajstić information content (AvgIpc) is 3.11. The van der Waals surface area contributed by atoms with Crippen molar-refractivity contribution >= 4 is 11.7 Å². The van der Waals surface area contributed by atoms with Crippen molar-refractivity contribution in [2.45, 2.75) is 12.8 Å². The first kappa shape index (κ1) is 11.4. The summed E-state index contributed by atoms with van der Waals surface area (Å²) in [6.07, 6.45) is 3.81. The predicted octanol–water partition coefficient (Wildman–Crippen LogP) is 1.25. The zero-order chi connectivity index (χ0) is 12.3. The maximum absolute atomic E-state index is 10.8. The maximum atomic E-state index is 10.8. The minimum absolute atomic E-state index is 0.0864. The van der Waals surface area contributed by atoms with Crippen LogP contribution in [-0.2, 0) is 4.79 Å². The van der Waals surface area contributed by atoms with Crippen molar-refractivity contribution in [3.8, 4) is 6.07 Å². The number of hydrogen-bond donors (Lipinski definition) is 1. The van der Waals surface area contributed by atoms with E-state index in [1.165, 1.54) is 6.20 Å². The number of anilines is 1. The molecule has 1 N–H and O–H groups in total. The number of carboxylic acids is 1. The number of rotatable bonds is 5. The van der Waals surface area contributed by atoms with E-state index in [1.807, 2.05) is 6.07 Å². The van der Waals surface area contributed by atoms with Crippen LogP contribution in [0.1, 0.15) is 18.5 Å². The van der Waals surface area contributed by atoms with Crippen LogP contribution in [0.25, 0.3) is 0 Å². The molecule has 0 spiro atoms. The van der Waals surface area contributed by atoms with Gasteiger partial charge in [-0.2, -0.15) is 5.26 Å². The average molecular weight is 231 g/mol. The molecule has 17 heavy (non-hydrogen) atoms. The van der Waals surface area contributed by atoms with Gasteiger partial charge in [0.1, 0.15) is 12.6 Å². The summed E-state index contributed by atoms with van der Waals surface area (Å²) < 4.78 is 0. The van der Waals surface area contributed by atoms with Crippen molar-refractivity contribution in [3.05, 3.63) is 24.0 Å². The number of nitrogens with zero attached hydrogens (tertiary/aromatic N) is 3. The smallest absolute Gasteiger partial charge is 0.323 e. The summed E-state index contributed by atoms with van der Waals surface area (Å²) in [7, 11) is 0. The Labute approximate surface area is 99.3 Å². The van der Waals surface area contributed by atoms with Crippen LogP contribution in [0.4, 0.5) is 5.69 Å². The number of aromatic nitrogens is 1. The lowest BCUT2D eigenvalue weighted by Crippen LogP contribution is -2.32. The molecular weight excluding hydrogens is 218 g/mol. The molecule has 0 saturated heterocycles. The number of carboxylic acid groups (broad SMARTS) is 1. The van der Waals surface area contributed by atoms with Gasteiger partial charge in [-0.05, 0) is 30.9 Å². The summed E-state index contributed by atoms with van der Waals surface area (Å²) in [5, 5.41) is 17.9. The fourth-order valence-electron chi connectivity index (χ4n) is 1.76. The number of carbonyl (C=O) groups is 1. The first-order chi connectivity index (χ1) is 8.20. The van der Waals surface area contributed by atoms with E-state index >= 15 is 0 Å². The van der Waals surface area contributed by atoms with Gasteiger partial charge in [0.05, 0.1) is 5.69 Å². The summed E-state index contributed by atoms with van der Waals surface area (Å²) in [5.41, 5.74) is 0.902. The highest BCUT2D eigenvalue weighted by Crippen LogP contribution is 2.31. The monoisotopic (exact) mass is 231 g/mol. The molecule has 1 saturated carbocycles. The van der Waals surface area contributed by atoms with Crippen molar-refractivity contribution in [1.82, 2.24) is 4.98 Å². The number of nitriles is 1. The van der Waals surface area contributed by atoms with Gasteiger partial charge >= 0.3 is 5.97 Å². The fraction of sp³-hybridized carbons (Fsp3) is 0.417. The molecule has 5 nitrogen and oxygen atoms in total. The van der Waals surface area contributed by atoms with Gasteiger partial charge in [0, 0.05) is 12.7 Å². The molecule has 0 amide bonds. The molecular formula is C12H13N3O2. The molecule has 1 fully saturated rings. The van der Waals surface area contributed by atoms with Gasteiger partial charge in [0.25, 0.3) is 0 Å². The molecule has 1 aromatic heterocycles. The maximum Gasteiger partial charge on any atom is 0.323 e. The van der Waals surface area contributed by atoms with Gasteiger partial charge < -0.3 is 10.0 Å². The summed E-state index contributed by atoms with van der Waals surface area (Å²) in [6, 6.07) is 5.46. The molecule has 1 aliphatic carbocycles. The highest BCUT2D eigenvalue weighted by Gasteiger charge is 2.26. The van der Waals surface area contributed by atoms with Crippen LogP contribution in [0.2, 0.25) is 0 Å². The highest BCUT2D eigenvalue weighted by molar-refractivity contribution is 5.74. The van der Waals surface area contributed by atoms with E-state index in [1.54, 1.807) is 17.0 Å². The third-order valence-electron chi connectivity index (χ3n) is 2.73. The lowest BCUT2D eigenvalue weighted by atomic mass is 10.2. The van der Waals surface area contributed by atoms with Gasteiger partial charge in [-0.25, -0.2) is 4.98 Å². The van der Waals surface area contributed by atoms with Crippen molar-refractivity contribution in [2.24, 2.45) is 5.92 Å². The second kappa shape index (κ2) is 4.83. The molecule has 88 valence electrons. The van der Waals surface area contributed by atoms with E-state index in [2.05, 4.69) is 4.98 Å². The molecule has 5 heteroatoms. The molecule has 1 heterocycles. The van der Waals surface area contributed by atoms with Crippen LogP contribution in [0.5, 0.6) is 0 Å². The topological polar surface area (TPSA) is 77.2 Å². The van der Waals surface area contributed by atoms with Gasteiger partial charge in [-0.1, -0.05) is 0 Å². The van der Waals surface area contributed by atoms with E-state index in [4.69, 9.17) is 10.4 Å². The minimum Gasteiger partial charge on any atom is -0.480 e. The molecule has 0 bridgehead atoms. The van der Waals surface area contributed by atoms with E-state index in [9.17, 15) is 4.79 Å². The second-order valence-corrected chi connectivity index (χ2v) is 4.20. The zero-order valence-electron chi connectivity index (χ0n) is 9.33. The Kier molecular flexibility index (Phi) is 3.24. The Morgan fingerprint density at radius 2 is 2.41 bits per heavy atom. The first-order valence-corrected chi connectivity index (χ1v) is 5.52. The quantitative estimate of drug-likeness (QED) is 0.825. The second-order valence-electron chi connectivity index (χ2n) is 4.20. The lowest BCUT2D eigenvalue weighted by Gasteiger charge is -2.23. The predicted molar refractivity (Wildman–Crippen MR) is 61.5 cm³/mol. The molecule has 0 aliphatic heterocycles. The van der Waals surface area contributed by atoms with Crippen molar-refractivity contribution in [3.63, 3.8) is 0 Å². The van der Waals surface area contributed by atoms with Gasteiger partial charge in [-0.15, -0.1) is 0 Å². The van der Waals surface area contributed by atoms with Crippen LogP contribution in [0.15, 0.2) is 18.3 Å². The van der Waals surface area contributed by atoms with Crippen molar-refractivity contribution in [1.29, 1.82) is 5.26 Å². The van der Waals surface area contributed by atoms with Crippen LogP contribution in [0.3, 0.4) is 0 Å². The summed E-state index contributed by atoms with van der Waals surface area (Å²) in [6.45, 7) is 0.601. The van der Waals surface area contributed by atoms with Crippen LogP contribution >= 0.6 is 0 Å². The molecule has 1 aromatic rings. The van der Waals surface area contributed by atoms with E-state index < -0.39 is 5.97 Å². The Bertz CT molecular complexity index is 463. The van der Waals surface area contributed by atoms with E-state index in [-0.39, 0.29) is 12.2 Å². The van der Waals surface area contributed by atoms with Gasteiger partial charge in [-0.3, -0.25) is 4.79 Å². The molecule has 0 atom stereocenters. The third-order valence-corrected chi connectivity index (χ3v) is 2.73. The zero-order valence-corrected chi connectivity index (χ0v) is 9.33. The van der Waals surface area contributed by atoms with Crippen molar-refractivity contribution in [2.75, 3.05) is 18.0 Å². The Morgan fingerprint density at radius 3 is 3.00 bits per heavy atom. The summed E-state index contributed by atoms with van der Waals surface area (Å²) in [5.74, 6) is -0.334. The largest absolute Gasteiger partial charge is 0.480 e. The fourth-order valence-corrected chi connectivity index (χ4v) is 1.76. The highest BCUT2D eigenvalue weighted by atomic mass is 16.4. The normalized spacial score (nSPS) is 14.1. The number of aliphatic carboxylic acids is 1. The van der Waals surface area contributed by atoms with Crippen LogP contribution in [-0.4, -0.2) is 29.1 Å². The number of hydrogen-bond acceptors (Lipinski definition) is 4. The molecule has 0 radical (unpaired) electrons. The Balaban J connectivity index is 2.23. The molecule has 1 aliphatic rings. The van der Waals surface area contributed by atoms with Crippen LogP contribution < -0.4 is 4.90 Å². The Morgan fingerprint density at radius 1 is 1.65 bits per heavy atom. The lowest BCUT2D eigenvalue weighted by molar-refractivity contribution is -0.135. The molecule has 2 rings (SSSR count). The van der Waals surface area contributed by atoms with Crippen molar-refractivity contribution < 1.29 is 9.90 Å². The third kappa shape index (κ3) is 2.94. The minimum atomic E-state index is -0.890. The van der Waals surface area contributed by atoms with Gasteiger partial charge in [0.2, 0.25) is 0 Å². The van der Waals surface area contributed by atoms with E-state index in [0.29, 0.717) is 18.2 Å². The number of pyridine rings is 1. The summed E-state index contributed by atoms with van der Waals surface area (Å²) >= 11 is 0. The Hall–Kier alpha value is -2.09. The van der Waals surface area contributed by atoms with E-state index in [0.717, 1.165) is 12.8 Å². The van der Waals surface area contributed by atoms with Crippen LogP contribution in [0, 0.1) is 17.2 Å². The summed E-state index contributed by atoms with van der Waals surface area (Å²) in [4.78, 5) is 16.5. The molecule has 0 aromatic carbocycles.